The lowest BCUT2D eigenvalue weighted by atomic mass is 10.0. The van der Waals surface area contributed by atoms with E-state index in [1.807, 2.05) is 66.7 Å². The summed E-state index contributed by atoms with van der Waals surface area (Å²) >= 11 is 0. The van der Waals surface area contributed by atoms with Gasteiger partial charge in [0.15, 0.2) is 0 Å². The summed E-state index contributed by atoms with van der Waals surface area (Å²) < 4.78 is 16.9. The first-order valence-electron chi connectivity index (χ1n) is 9.23. The maximum absolute atomic E-state index is 14.7. The third-order valence-corrected chi connectivity index (χ3v) is 8.40. The van der Waals surface area contributed by atoms with Crippen LogP contribution in [0, 0.1) is 5.92 Å². The topological polar surface area (TPSA) is 20.3 Å². The molecule has 3 aromatic carbocycles. The van der Waals surface area contributed by atoms with Crippen molar-refractivity contribution in [2.75, 3.05) is 6.54 Å². The Labute approximate surface area is 155 Å². The quantitative estimate of drug-likeness (QED) is 0.610. The van der Waals surface area contributed by atoms with Gasteiger partial charge in [0.1, 0.15) is 0 Å². The SMILES string of the molecule is C[C@H]1C[C@@H](c2ccccc2)N(P(=O)(c2ccccc2)c2ccccc2)C1. The number of hydrogen-bond donors (Lipinski definition) is 0. The second-order valence-corrected chi connectivity index (χ2v) is 9.84. The lowest BCUT2D eigenvalue weighted by Crippen LogP contribution is -2.32. The summed E-state index contributed by atoms with van der Waals surface area (Å²) in [6.07, 6.45) is 1.04. The van der Waals surface area contributed by atoms with Gasteiger partial charge >= 0.3 is 0 Å². The minimum Gasteiger partial charge on any atom is -0.296 e. The molecule has 1 saturated heterocycles. The molecule has 0 unspecified atom stereocenters. The Hall–Kier alpha value is -2.15. The summed E-state index contributed by atoms with van der Waals surface area (Å²) in [5, 5.41) is 1.84. The van der Waals surface area contributed by atoms with E-state index in [1.54, 1.807) is 0 Å². The van der Waals surface area contributed by atoms with Crippen LogP contribution >= 0.6 is 7.29 Å². The molecular formula is C23H24NOP. The highest BCUT2D eigenvalue weighted by molar-refractivity contribution is 7.76. The van der Waals surface area contributed by atoms with Gasteiger partial charge in [-0.25, -0.2) is 4.67 Å². The third-order valence-electron chi connectivity index (χ3n) is 5.24. The molecule has 132 valence electrons. The van der Waals surface area contributed by atoms with Gasteiger partial charge in [-0.3, -0.25) is 4.57 Å². The van der Waals surface area contributed by atoms with Crippen LogP contribution in [-0.4, -0.2) is 11.2 Å². The molecule has 1 aliphatic heterocycles. The maximum Gasteiger partial charge on any atom is 0.207 e. The molecule has 0 amide bonds. The number of benzene rings is 3. The average molecular weight is 361 g/mol. The van der Waals surface area contributed by atoms with E-state index < -0.39 is 7.29 Å². The largest absolute Gasteiger partial charge is 0.296 e. The second kappa shape index (κ2) is 7.23. The number of rotatable bonds is 4. The molecule has 1 fully saturated rings. The van der Waals surface area contributed by atoms with E-state index in [-0.39, 0.29) is 6.04 Å². The Bertz CT molecular complexity index is 852. The van der Waals surface area contributed by atoms with E-state index in [9.17, 15) is 4.57 Å². The van der Waals surface area contributed by atoms with Crippen LogP contribution in [0.2, 0.25) is 0 Å². The van der Waals surface area contributed by atoms with Gasteiger partial charge < -0.3 is 0 Å². The van der Waals surface area contributed by atoms with Crippen LogP contribution in [-0.2, 0) is 4.57 Å². The molecule has 0 aromatic heterocycles. The zero-order valence-electron chi connectivity index (χ0n) is 15.0. The Morgan fingerprint density at radius 3 is 1.73 bits per heavy atom. The standard InChI is InChI=1S/C23H24NOP/c1-19-17-23(20-11-5-2-6-12-20)24(18-19)26(25,21-13-7-3-8-14-21)22-15-9-4-10-16-22/h2-16,19,23H,17-18H2,1H3/t19-,23-/m0/s1. The summed E-state index contributed by atoms with van der Waals surface area (Å²) in [6.45, 7) is 3.11. The monoisotopic (exact) mass is 361 g/mol. The van der Waals surface area contributed by atoms with E-state index in [4.69, 9.17) is 0 Å². The van der Waals surface area contributed by atoms with Crippen molar-refractivity contribution in [2.45, 2.75) is 19.4 Å². The third kappa shape index (κ3) is 3.05. The molecule has 2 atom stereocenters. The molecule has 3 aromatic rings. The zero-order chi connectivity index (χ0) is 18.0. The maximum atomic E-state index is 14.7. The van der Waals surface area contributed by atoms with Gasteiger partial charge in [0, 0.05) is 23.2 Å². The number of hydrogen-bond acceptors (Lipinski definition) is 1. The minimum atomic E-state index is -2.90. The lowest BCUT2D eigenvalue weighted by molar-refractivity contribution is 0.404. The molecule has 3 heteroatoms. The van der Waals surface area contributed by atoms with Crippen molar-refractivity contribution in [2.24, 2.45) is 5.92 Å². The Kier molecular flexibility index (Phi) is 4.80. The van der Waals surface area contributed by atoms with Gasteiger partial charge in [0.05, 0.1) is 0 Å². The lowest BCUT2D eigenvalue weighted by Gasteiger charge is -2.34. The van der Waals surface area contributed by atoms with Crippen molar-refractivity contribution < 1.29 is 4.57 Å². The zero-order valence-corrected chi connectivity index (χ0v) is 15.9. The highest BCUT2D eigenvalue weighted by Crippen LogP contribution is 2.56. The summed E-state index contributed by atoms with van der Waals surface area (Å²) in [5.41, 5.74) is 1.25. The molecule has 26 heavy (non-hydrogen) atoms. The minimum absolute atomic E-state index is 0.178. The molecule has 1 heterocycles. The molecule has 0 saturated carbocycles. The van der Waals surface area contributed by atoms with Gasteiger partial charge in [0.2, 0.25) is 7.29 Å². The van der Waals surface area contributed by atoms with Crippen molar-refractivity contribution in [3.8, 4) is 0 Å². The molecule has 0 radical (unpaired) electrons. The van der Waals surface area contributed by atoms with Crippen LogP contribution in [0.1, 0.15) is 24.9 Å². The first-order chi connectivity index (χ1) is 12.7. The molecular weight excluding hydrogens is 337 g/mol. The normalized spacial score (nSPS) is 21.0. The highest BCUT2D eigenvalue weighted by atomic mass is 31.2. The molecule has 1 aliphatic rings. The fourth-order valence-corrected chi connectivity index (χ4v) is 7.20. The number of nitrogens with zero attached hydrogens (tertiary/aromatic N) is 1. The second-order valence-electron chi connectivity index (χ2n) is 7.14. The van der Waals surface area contributed by atoms with Crippen LogP contribution < -0.4 is 10.6 Å². The van der Waals surface area contributed by atoms with Gasteiger partial charge in [-0.1, -0.05) is 73.7 Å². The first-order valence-corrected chi connectivity index (χ1v) is 10.9. The van der Waals surface area contributed by atoms with Crippen molar-refractivity contribution in [1.29, 1.82) is 0 Å². The first kappa shape index (κ1) is 17.3. The van der Waals surface area contributed by atoms with Crippen LogP contribution in [0.3, 0.4) is 0 Å². The van der Waals surface area contributed by atoms with E-state index in [0.717, 1.165) is 23.6 Å². The van der Waals surface area contributed by atoms with Crippen molar-refractivity contribution in [3.63, 3.8) is 0 Å². The average Bonchev–Trinajstić information content (AvgIpc) is 3.11. The van der Waals surface area contributed by atoms with Crippen molar-refractivity contribution in [3.05, 3.63) is 96.6 Å². The summed E-state index contributed by atoms with van der Waals surface area (Å²) in [5.74, 6) is 0.515. The van der Waals surface area contributed by atoms with Crippen LogP contribution in [0.15, 0.2) is 91.0 Å². The van der Waals surface area contributed by atoms with Crippen molar-refractivity contribution in [1.82, 2.24) is 4.67 Å². The fourth-order valence-electron chi connectivity index (χ4n) is 4.02. The predicted octanol–water partition coefficient (Wildman–Crippen LogP) is 5.00. The molecule has 0 bridgehead atoms. The Morgan fingerprint density at radius 2 is 1.23 bits per heavy atom. The van der Waals surface area contributed by atoms with E-state index in [1.165, 1.54) is 5.56 Å². The smallest absolute Gasteiger partial charge is 0.207 e. The van der Waals surface area contributed by atoms with Gasteiger partial charge in [-0.2, -0.15) is 0 Å². The van der Waals surface area contributed by atoms with Gasteiger partial charge in [-0.05, 0) is 42.2 Å². The molecule has 2 nitrogen and oxygen atoms in total. The van der Waals surface area contributed by atoms with Gasteiger partial charge in [-0.15, -0.1) is 0 Å². The highest BCUT2D eigenvalue weighted by Gasteiger charge is 2.44. The molecule has 0 spiro atoms. The van der Waals surface area contributed by atoms with E-state index >= 15 is 0 Å². The summed E-state index contributed by atoms with van der Waals surface area (Å²) in [7, 11) is -2.90. The van der Waals surface area contributed by atoms with Crippen LogP contribution in [0.4, 0.5) is 0 Å². The Morgan fingerprint density at radius 1 is 0.769 bits per heavy atom. The molecule has 0 N–H and O–H groups in total. The van der Waals surface area contributed by atoms with Crippen LogP contribution in [0.25, 0.3) is 0 Å². The molecule has 4 rings (SSSR count). The van der Waals surface area contributed by atoms with Crippen LogP contribution in [0.5, 0.6) is 0 Å². The Balaban J connectivity index is 1.87. The van der Waals surface area contributed by atoms with Gasteiger partial charge in [0.25, 0.3) is 0 Å². The summed E-state index contributed by atoms with van der Waals surface area (Å²) in [4.78, 5) is 0. The van der Waals surface area contributed by atoms with E-state index in [0.29, 0.717) is 5.92 Å². The fraction of sp³-hybridized carbons (Fsp3) is 0.217. The molecule has 0 aliphatic carbocycles. The van der Waals surface area contributed by atoms with Crippen molar-refractivity contribution >= 4 is 17.9 Å². The summed E-state index contributed by atoms with van der Waals surface area (Å²) in [6, 6.07) is 30.7. The van der Waals surface area contributed by atoms with E-state index in [2.05, 4.69) is 35.9 Å². The predicted molar refractivity (Wildman–Crippen MR) is 109 cm³/mol.